The van der Waals surface area contributed by atoms with E-state index in [2.05, 4.69) is 22.1 Å². The van der Waals surface area contributed by atoms with Gasteiger partial charge in [-0.15, -0.1) is 0 Å². The second-order valence-electron chi connectivity index (χ2n) is 4.81. The molecule has 2 rings (SSSR count). The summed E-state index contributed by atoms with van der Waals surface area (Å²) in [5, 5.41) is 2.98. The lowest BCUT2D eigenvalue weighted by Gasteiger charge is -2.31. The summed E-state index contributed by atoms with van der Waals surface area (Å²) >= 11 is 0. The van der Waals surface area contributed by atoms with E-state index in [1.807, 2.05) is 7.05 Å². The maximum atomic E-state index is 14.2. The molecule has 1 aromatic heterocycles. The molecule has 4 heteroatoms. The topological polar surface area (TPSA) is 28.2 Å². The number of halogens is 1. The molecule has 0 spiro atoms. The Balaban J connectivity index is 2.17. The molecule has 1 aromatic rings. The number of pyridine rings is 1. The van der Waals surface area contributed by atoms with Crippen LogP contribution in [-0.2, 0) is 6.54 Å². The standard InChI is InChI=1S/C13H20FN3/c1-10-4-7-17(8-5-10)13-12(14)11(9-15-2)3-6-16-13/h3,6,10,15H,4-5,7-9H2,1-2H3. The van der Waals surface area contributed by atoms with Gasteiger partial charge >= 0.3 is 0 Å². The fraction of sp³-hybridized carbons (Fsp3) is 0.615. The Bertz CT molecular complexity index is 373. The lowest BCUT2D eigenvalue weighted by Crippen LogP contribution is -2.34. The number of nitrogens with zero attached hydrogens (tertiary/aromatic N) is 2. The van der Waals surface area contributed by atoms with Gasteiger partial charge in [0.25, 0.3) is 0 Å². The van der Waals surface area contributed by atoms with Crippen molar-refractivity contribution in [2.24, 2.45) is 5.92 Å². The van der Waals surface area contributed by atoms with Crippen LogP contribution >= 0.6 is 0 Å². The van der Waals surface area contributed by atoms with Gasteiger partial charge in [0.05, 0.1) is 0 Å². The van der Waals surface area contributed by atoms with Crippen molar-refractivity contribution in [1.82, 2.24) is 10.3 Å². The molecule has 17 heavy (non-hydrogen) atoms. The van der Waals surface area contributed by atoms with Crippen LogP contribution in [0.4, 0.5) is 10.2 Å². The molecule has 1 aliphatic rings. The van der Waals surface area contributed by atoms with Gasteiger partial charge in [0.2, 0.25) is 0 Å². The quantitative estimate of drug-likeness (QED) is 0.873. The van der Waals surface area contributed by atoms with Crippen LogP contribution < -0.4 is 10.2 Å². The molecule has 1 saturated heterocycles. The number of hydrogen-bond donors (Lipinski definition) is 1. The van der Waals surface area contributed by atoms with Gasteiger partial charge in [0.1, 0.15) is 0 Å². The lowest BCUT2D eigenvalue weighted by molar-refractivity contribution is 0.431. The molecular formula is C13H20FN3. The van der Waals surface area contributed by atoms with Crippen LogP contribution in [0.5, 0.6) is 0 Å². The first kappa shape index (κ1) is 12.3. The van der Waals surface area contributed by atoms with Crippen molar-refractivity contribution in [3.05, 3.63) is 23.6 Å². The number of rotatable bonds is 3. The summed E-state index contributed by atoms with van der Waals surface area (Å²) in [6.07, 6.45) is 3.94. The molecule has 3 nitrogen and oxygen atoms in total. The van der Waals surface area contributed by atoms with Crippen molar-refractivity contribution < 1.29 is 4.39 Å². The molecule has 0 amide bonds. The van der Waals surface area contributed by atoms with E-state index in [-0.39, 0.29) is 5.82 Å². The minimum Gasteiger partial charge on any atom is -0.354 e. The Kier molecular flexibility index (Phi) is 3.94. The number of hydrogen-bond acceptors (Lipinski definition) is 3. The second kappa shape index (κ2) is 5.45. The van der Waals surface area contributed by atoms with Crippen LogP contribution in [0, 0.1) is 11.7 Å². The van der Waals surface area contributed by atoms with Crippen molar-refractivity contribution in [1.29, 1.82) is 0 Å². The lowest BCUT2D eigenvalue weighted by atomic mass is 9.99. The van der Waals surface area contributed by atoms with Crippen LogP contribution in [0.3, 0.4) is 0 Å². The van der Waals surface area contributed by atoms with E-state index in [0.29, 0.717) is 17.9 Å². The van der Waals surface area contributed by atoms with Crippen LogP contribution in [0.1, 0.15) is 25.3 Å². The molecule has 0 radical (unpaired) electrons. The maximum absolute atomic E-state index is 14.2. The minimum absolute atomic E-state index is 0.170. The van der Waals surface area contributed by atoms with Crippen molar-refractivity contribution in [3.63, 3.8) is 0 Å². The van der Waals surface area contributed by atoms with Gasteiger partial charge in [0.15, 0.2) is 11.6 Å². The van der Waals surface area contributed by atoms with E-state index in [1.54, 1.807) is 12.3 Å². The van der Waals surface area contributed by atoms with E-state index in [9.17, 15) is 4.39 Å². The van der Waals surface area contributed by atoms with Crippen LogP contribution in [0.2, 0.25) is 0 Å². The summed E-state index contributed by atoms with van der Waals surface area (Å²) < 4.78 is 14.2. The third-order valence-electron chi connectivity index (χ3n) is 3.40. The summed E-state index contributed by atoms with van der Waals surface area (Å²) in [4.78, 5) is 6.26. The van der Waals surface area contributed by atoms with Crippen molar-refractivity contribution >= 4 is 5.82 Å². The fourth-order valence-corrected chi connectivity index (χ4v) is 2.24. The number of anilines is 1. The Hall–Kier alpha value is -1.16. The highest BCUT2D eigenvalue weighted by molar-refractivity contribution is 5.43. The zero-order valence-electron chi connectivity index (χ0n) is 10.5. The van der Waals surface area contributed by atoms with Gasteiger partial charge in [-0.3, -0.25) is 0 Å². The number of nitrogens with one attached hydrogen (secondary N) is 1. The van der Waals surface area contributed by atoms with E-state index in [1.165, 1.54) is 0 Å². The van der Waals surface area contributed by atoms with Crippen LogP contribution in [-0.4, -0.2) is 25.1 Å². The Morgan fingerprint density at radius 1 is 1.47 bits per heavy atom. The van der Waals surface area contributed by atoms with Gasteiger partial charge in [-0.2, -0.15) is 0 Å². The Morgan fingerprint density at radius 2 is 2.18 bits per heavy atom. The Labute approximate surface area is 102 Å². The van der Waals surface area contributed by atoms with E-state index in [4.69, 9.17) is 0 Å². The summed E-state index contributed by atoms with van der Waals surface area (Å²) in [7, 11) is 1.82. The maximum Gasteiger partial charge on any atom is 0.170 e. The van der Waals surface area contributed by atoms with Crippen molar-refractivity contribution in [3.8, 4) is 0 Å². The first-order chi connectivity index (χ1) is 8.22. The number of aromatic nitrogens is 1. The van der Waals surface area contributed by atoms with Crippen LogP contribution in [0.15, 0.2) is 12.3 Å². The molecule has 94 valence electrons. The SMILES string of the molecule is CNCc1ccnc(N2CCC(C)CC2)c1F. The predicted octanol–water partition coefficient (Wildman–Crippen LogP) is 2.18. The van der Waals surface area contributed by atoms with Gasteiger partial charge in [0, 0.05) is 31.4 Å². The highest BCUT2D eigenvalue weighted by atomic mass is 19.1. The molecule has 1 aliphatic heterocycles. The molecule has 1 fully saturated rings. The summed E-state index contributed by atoms with van der Waals surface area (Å²) in [6.45, 7) is 4.62. The first-order valence-electron chi connectivity index (χ1n) is 6.25. The molecule has 0 aliphatic carbocycles. The molecule has 0 saturated carbocycles. The predicted molar refractivity (Wildman–Crippen MR) is 67.6 cm³/mol. The number of piperidine rings is 1. The zero-order chi connectivity index (χ0) is 12.3. The third kappa shape index (κ3) is 2.75. The van der Waals surface area contributed by atoms with E-state index < -0.39 is 0 Å². The van der Waals surface area contributed by atoms with Gasteiger partial charge in [-0.25, -0.2) is 9.37 Å². The van der Waals surface area contributed by atoms with Crippen molar-refractivity contribution in [2.75, 3.05) is 25.0 Å². The smallest absolute Gasteiger partial charge is 0.170 e. The van der Waals surface area contributed by atoms with E-state index >= 15 is 0 Å². The zero-order valence-corrected chi connectivity index (χ0v) is 10.5. The van der Waals surface area contributed by atoms with Crippen molar-refractivity contribution in [2.45, 2.75) is 26.3 Å². The molecule has 0 aromatic carbocycles. The van der Waals surface area contributed by atoms with Gasteiger partial charge in [-0.1, -0.05) is 6.92 Å². The molecule has 0 unspecified atom stereocenters. The average Bonchev–Trinajstić information content (AvgIpc) is 2.34. The van der Waals surface area contributed by atoms with Gasteiger partial charge < -0.3 is 10.2 Å². The molecule has 2 heterocycles. The van der Waals surface area contributed by atoms with E-state index in [0.717, 1.165) is 31.8 Å². The fourth-order valence-electron chi connectivity index (χ4n) is 2.24. The monoisotopic (exact) mass is 237 g/mol. The molecule has 0 bridgehead atoms. The largest absolute Gasteiger partial charge is 0.354 e. The second-order valence-corrected chi connectivity index (χ2v) is 4.81. The summed E-state index contributed by atoms with van der Waals surface area (Å²) in [5.41, 5.74) is 0.691. The normalized spacial score (nSPS) is 17.5. The van der Waals surface area contributed by atoms with Gasteiger partial charge in [-0.05, 0) is 31.9 Å². The average molecular weight is 237 g/mol. The van der Waals surface area contributed by atoms with Crippen LogP contribution in [0.25, 0.3) is 0 Å². The summed E-state index contributed by atoms with van der Waals surface area (Å²) in [5.74, 6) is 1.09. The molecular weight excluding hydrogens is 217 g/mol. The highest BCUT2D eigenvalue weighted by Crippen LogP contribution is 2.24. The molecule has 0 atom stereocenters. The minimum atomic E-state index is -0.170. The third-order valence-corrected chi connectivity index (χ3v) is 3.40. The first-order valence-corrected chi connectivity index (χ1v) is 6.25. The molecule has 1 N–H and O–H groups in total. The summed E-state index contributed by atoms with van der Waals surface area (Å²) in [6, 6.07) is 1.74. The highest BCUT2D eigenvalue weighted by Gasteiger charge is 2.20. The Morgan fingerprint density at radius 3 is 2.82 bits per heavy atom.